The van der Waals surface area contributed by atoms with E-state index < -0.39 is 0 Å². The molecule has 0 saturated carbocycles. The van der Waals surface area contributed by atoms with Gasteiger partial charge < -0.3 is 9.64 Å². The van der Waals surface area contributed by atoms with Gasteiger partial charge in [0.25, 0.3) is 0 Å². The zero-order chi connectivity index (χ0) is 9.97. The maximum Gasteiger partial charge on any atom is 0.0642 e. The third kappa shape index (κ3) is 2.01. The van der Waals surface area contributed by atoms with Crippen molar-refractivity contribution in [3.63, 3.8) is 0 Å². The van der Waals surface area contributed by atoms with Crippen LogP contribution < -0.4 is 0 Å². The van der Waals surface area contributed by atoms with E-state index in [-0.39, 0.29) is 0 Å². The van der Waals surface area contributed by atoms with Crippen LogP contribution in [0.15, 0.2) is 23.4 Å². The second-order valence-electron chi connectivity index (χ2n) is 4.31. The number of ether oxygens (including phenoxy) is 1. The molecule has 1 saturated heterocycles. The number of rotatable bonds is 1. The molecule has 0 bridgehead atoms. The van der Waals surface area contributed by atoms with Gasteiger partial charge in [0.1, 0.15) is 0 Å². The molecule has 1 atom stereocenters. The Hall–Kier alpha value is -0.760. The fourth-order valence-corrected chi connectivity index (χ4v) is 2.29. The van der Waals surface area contributed by atoms with Crippen LogP contribution in [0.4, 0.5) is 0 Å². The first-order valence-corrected chi connectivity index (χ1v) is 5.47. The van der Waals surface area contributed by atoms with Gasteiger partial charge in [0.2, 0.25) is 0 Å². The largest absolute Gasteiger partial charge is 0.378 e. The van der Waals surface area contributed by atoms with Gasteiger partial charge in [-0.3, -0.25) is 0 Å². The summed E-state index contributed by atoms with van der Waals surface area (Å²) in [7, 11) is 0. The second-order valence-corrected chi connectivity index (χ2v) is 4.31. The first-order valence-electron chi connectivity index (χ1n) is 5.47. The number of allylic oxidation sites excluding steroid dienone is 4. The van der Waals surface area contributed by atoms with Crippen molar-refractivity contribution in [1.82, 2.24) is 4.90 Å². The predicted octanol–water partition coefficient (Wildman–Crippen LogP) is 2.19. The number of hydrogen-bond acceptors (Lipinski definition) is 2. The van der Waals surface area contributed by atoms with E-state index in [0.717, 1.165) is 26.3 Å². The molecule has 1 heterocycles. The van der Waals surface area contributed by atoms with E-state index in [1.54, 1.807) is 0 Å². The van der Waals surface area contributed by atoms with Crippen LogP contribution in [0.5, 0.6) is 0 Å². The van der Waals surface area contributed by atoms with Gasteiger partial charge >= 0.3 is 0 Å². The summed E-state index contributed by atoms with van der Waals surface area (Å²) in [5, 5.41) is 0. The Morgan fingerprint density at radius 3 is 2.64 bits per heavy atom. The third-order valence-corrected chi connectivity index (χ3v) is 3.05. The van der Waals surface area contributed by atoms with Crippen LogP contribution in [-0.2, 0) is 4.74 Å². The average molecular weight is 193 g/mol. The summed E-state index contributed by atoms with van der Waals surface area (Å²) < 4.78 is 5.36. The van der Waals surface area contributed by atoms with Gasteiger partial charge in [0.05, 0.1) is 13.2 Å². The van der Waals surface area contributed by atoms with Crippen molar-refractivity contribution in [2.24, 2.45) is 5.92 Å². The van der Waals surface area contributed by atoms with E-state index in [4.69, 9.17) is 4.74 Å². The molecule has 0 amide bonds. The lowest BCUT2D eigenvalue weighted by molar-refractivity contribution is 0.0488. The number of morpholine rings is 1. The van der Waals surface area contributed by atoms with Gasteiger partial charge in [-0.05, 0) is 25.3 Å². The van der Waals surface area contributed by atoms with Crippen LogP contribution in [0.1, 0.15) is 20.3 Å². The van der Waals surface area contributed by atoms with Crippen LogP contribution >= 0.6 is 0 Å². The molecule has 0 spiro atoms. The Bertz CT molecular complexity index is 261. The van der Waals surface area contributed by atoms with Crippen molar-refractivity contribution in [2.45, 2.75) is 20.3 Å². The van der Waals surface area contributed by atoms with Crippen molar-refractivity contribution in [2.75, 3.05) is 26.3 Å². The average Bonchev–Trinajstić information content (AvgIpc) is 2.19. The monoisotopic (exact) mass is 193 g/mol. The summed E-state index contributed by atoms with van der Waals surface area (Å²) in [6.07, 6.45) is 5.75. The molecule has 2 nitrogen and oxygen atoms in total. The van der Waals surface area contributed by atoms with Gasteiger partial charge in [0.15, 0.2) is 0 Å². The predicted molar refractivity (Wildman–Crippen MR) is 58.0 cm³/mol. The zero-order valence-corrected chi connectivity index (χ0v) is 9.12. The minimum Gasteiger partial charge on any atom is -0.378 e. The van der Waals surface area contributed by atoms with Crippen molar-refractivity contribution < 1.29 is 4.74 Å². The standard InChI is InChI=1S/C12H19NO/c1-10-3-4-12(11(2)9-10)13-5-7-14-8-6-13/h3-4,11H,5-9H2,1-2H3. The van der Waals surface area contributed by atoms with E-state index in [1.807, 2.05) is 0 Å². The molecular formula is C12H19NO. The molecular weight excluding hydrogens is 174 g/mol. The first-order chi connectivity index (χ1) is 6.77. The van der Waals surface area contributed by atoms with Crippen molar-refractivity contribution >= 4 is 0 Å². The molecule has 0 aromatic rings. The molecule has 1 unspecified atom stereocenters. The molecule has 2 heteroatoms. The molecule has 1 aliphatic heterocycles. The molecule has 2 rings (SSSR count). The van der Waals surface area contributed by atoms with Crippen LogP contribution in [0.2, 0.25) is 0 Å². The maximum atomic E-state index is 5.36. The molecule has 0 aromatic carbocycles. The Kier molecular flexibility index (Phi) is 2.92. The fraction of sp³-hybridized carbons (Fsp3) is 0.667. The van der Waals surface area contributed by atoms with Crippen molar-refractivity contribution in [3.05, 3.63) is 23.4 Å². The molecule has 1 aliphatic carbocycles. The van der Waals surface area contributed by atoms with Gasteiger partial charge in [-0.1, -0.05) is 18.6 Å². The molecule has 2 aliphatic rings. The Labute approximate surface area is 86.2 Å². The summed E-state index contributed by atoms with van der Waals surface area (Å²) in [5.74, 6) is 0.679. The molecule has 14 heavy (non-hydrogen) atoms. The topological polar surface area (TPSA) is 12.5 Å². The highest BCUT2D eigenvalue weighted by molar-refractivity contribution is 5.24. The molecule has 0 radical (unpaired) electrons. The highest BCUT2D eigenvalue weighted by Crippen LogP contribution is 2.27. The number of hydrogen-bond donors (Lipinski definition) is 0. The lowest BCUT2D eigenvalue weighted by Gasteiger charge is -2.35. The highest BCUT2D eigenvalue weighted by atomic mass is 16.5. The van der Waals surface area contributed by atoms with Crippen molar-refractivity contribution in [1.29, 1.82) is 0 Å². The Balaban J connectivity index is 2.08. The first kappa shape index (κ1) is 9.78. The summed E-state index contributed by atoms with van der Waals surface area (Å²) in [6, 6.07) is 0. The Morgan fingerprint density at radius 1 is 1.29 bits per heavy atom. The SMILES string of the molecule is CC1=CC=C(N2CCOCC2)C(C)C1. The third-order valence-electron chi connectivity index (χ3n) is 3.05. The van der Waals surface area contributed by atoms with Crippen LogP contribution in [-0.4, -0.2) is 31.2 Å². The minimum atomic E-state index is 0.679. The second kappa shape index (κ2) is 4.18. The summed E-state index contributed by atoms with van der Waals surface area (Å²) in [4.78, 5) is 2.47. The van der Waals surface area contributed by atoms with Crippen molar-refractivity contribution in [3.8, 4) is 0 Å². The van der Waals surface area contributed by atoms with E-state index in [1.165, 1.54) is 17.7 Å². The van der Waals surface area contributed by atoms with Gasteiger partial charge in [-0.25, -0.2) is 0 Å². The van der Waals surface area contributed by atoms with E-state index in [0.29, 0.717) is 5.92 Å². The van der Waals surface area contributed by atoms with E-state index >= 15 is 0 Å². The van der Waals surface area contributed by atoms with Gasteiger partial charge in [-0.2, -0.15) is 0 Å². The summed E-state index contributed by atoms with van der Waals surface area (Å²) >= 11 is 0. The summed E-state index contributed by atoms with van der Waals surface area (Å²) in [5.41, 5.74) is 2.99. The number of nitrogens with zero attached hydrogens (tertiary/aromatic N) is 1. The van der Waals surface area contributed by atoms with Crippen LogP contribution in [0.25, 0.3) is 0 Å². The molecule has 1 fully saturated rings. The fourth-order valence-electron chi connectivity index (χ4n) is 2.29. The van der Waals surface area contributed by atoms with E-state index in [2.05, 4.69) is 30.9 Å². The van der Waals surface area contributed by atoms with E-state index in [9.17, 15) is 0 Å². The van der Waals surface area contributed by atoms with Gasteiger partial charge in [-0.15, -0.1) is 0 Å². The zero-order valence-electron chi connectivity index (χ0n) is 9.12. The quantitative estimate of drug-likeness (QED) is 0.633. The highest BCUT2D eigenvalue weighted by Gasteiger charge is 2.20. The lowest BCUT2D eigenvalue weighted by atomic mass is 9.92. The normalized spacial score (nSPS) is 28.4. The molecule has 78 valence electrons. The lowest BCUT2D eigenvalue weighted by Crippen LogP contribution is -2.37. The smallest absolute Gasteiger partial charge is 0.0642 e. The molecule has 0 aromatic heterocycles. The van der Waals surface area contributed by atoms with Crippen LogP contribution in [0.3, 0.4) is 0 Å². The summed E-state index contributed by atoms with van der Waals surface area (Å²) in [6.45, 7) is 8.41. The molecule has 0 N–H and O–H groups in total. The maximum absolute atomic E-state index is 5.36. The minimum absolute atomic E-state index is 0.679. The van der Waals surface area contributed by atoms with Crippen LogP contribution in [0, 0.1) is 5.92 Å². The van der Waals surface area contributed by atoms with Gasteiger partial charge in [0, 0.05) is 18.8 Å². The Morgan fingerprint density at radius 2 is 2.00 bits per heavy atom.